The van der Waals surface area contributed by atoms with Crippen LogP contribution in [-0.4, -0.2) is 49.1 Å². The van der Waals surface area contributed by atoms with Crippen LogP contribution >= 0.6 is 22.9 Å². The summed E-state index contributed by atoms with van der Waals surface area (Å²) in [7, 11) is 1.57. The highest BCUT2D eigenvalue weighted by Crippen LogP contribution is 2.30. The van der Waals surface area contributed by atoms with Crippen LogP contribution in [0.25, 0.3) is 0 Å². The van der Waals surface area contributed by atoms with Crippen LogP contribution < -0.4 is 14.4 Å². The molecule has 1 aromatic heterocycles. The summed E-state index contributed by atoms with van der Waals surface area (Å²) in [4.78, 5) is 21.4. The molecule has 0 aliphatic carbocycles. The van der Waals surface area contributed by atoms with Gasteiger partial charge in [0.2, 0.25) is 0 Å². The Bertz CT molecular complexity index is 1000. The SMILES string of the molecule is COc1cc(C(=O)N2CCN(c3nccs3)CC2)ccc1OCc1ccccc1Cl. The third-order valence-corrected chi connectivity index (χ3v) is 6.21. The van der Waals surface area contributed by atoms with Crippen LogP contribution in [0.5, 0.6) is 11.5 Å². The normalized spacial score (nSPS) is 13.9. The smallest absolute Gasteiger partial charge is 0.254 e. The Balaban J connectivity index is 1.41. The van der Waals surface area contributed by atoms with Gasteiger partial charge in [0.15, 0.2) is 16.6 Å². The molecule has 0 bridgehead atoms. The number of halogens is 1. The summed E-state index contributed by atoms with van der Waals surface area (Å²) in [5.41, 5.74) is 1.47. The Morgan fingerprint density at radius 3 is 2.63 bits per heavy atom. The van der Waals surface area contributed by atoms with Crippen LogP contribution in [0, 0.1) is 0 Å². The predicted octanol–water partition coefficient (Wildman–Crippen LogP) is 4.35. The highest BCUT2D eigenvalue weighted by atomic mass is 35.5. The highest BCUT2D eigenvalue weighted by Gasteiger charge is 2.24. The van der Waals surface area contributed by atoms with Crippen molar-refractivity contribution in [1.82, 2.24) is 9.88 Å². The standard InChI is InChI=1S/C22H22ClN3O3S/c1-28-20-14-16(6-7-19(20)29-15-17-4-2-3-5-18(17)23)21(27)25-9-11-26(12-10-25)22-24-8-13-30-22/h2-8,13-14H,9-12,15H2,1H3. The van der Waals surface area contributed by atoms with Gasteiger partial charge in [-0.1, -0.05) is 29.8 Å². The Hall–Kier alpha value is -2.77. The lowest BCUT2D eigenvalue weighted by Crippen LogP contribution is -2.48. The first-order valence-corrected chi connectivity index (χ1v) is 10.9. The predicted molar refractivity (Wildman–Crippen MR) is 119 cm³/mol. The summed E-state index contributed by atoms with van der Waals surface area (Å²) >= 11 is 7.81. The highest BCUT2D eigenvalue weighted by molar-refractivity contribution is 7.13. The lowest BCUT2D eigenvalue weighted by molar-refractivity contribution is 0.0746. The Labute approximate surface area is 184 Å². The summed E-state index contributed by atoms with van der Waals surface area (Å²) in [6.07, 6.45) is 1.80. The van der Waals surface area contributed by atoms with Crippen molar-refractivity contribution in [2.45, 2.75) is 6.61 Å². The van der Waals surface area contributed by atoms with Crippen molar-refractivity contribution in [3.8, 4) is 11.5 Å². The molecular weight excluding hydrogens is 422 g/mol. The summed E-state index contributed by atoms with van der Waals surface area (Å²) in [5, 5.41) is 3.62. The van der Waals surface area contributed by atoms with Crippen LogP contribution in [-0.2, 0) is 6.61 Å². The molecule has 0 atom stereocenters. The van der Waals surface area contributed by atoms with Crippen molar-refractivity contribution in [2.75, 3.05) is 38.2 Å². The van der Waals surface area contributed by atoms with E-state index in [4.69, 9.17) is 21.1 Å². The third-order valence-electron chi connectivity index (χ3n) is 5.01. The number of thiazole rings is 1. The molecule has 156 valence electrons. The molecule has 6 nitrogen and oxygen atoms in total. The number of benzene rings is 2. The van der Waals surface area contributed by atoms with Crippen molar-refractivity contribution < 1.29 is 14.3 Å². The summed E-state index contributed by atoms with van der Waals surface area (Å²) in [5.74, 6) is 1.08. The zero-order valence-corrected chi connectivity index (χ0v) is 18.2. The number of carbonyl (C=O) groups excluding carboxylic acids is 1. The number of piperazine rings is 1. The Morgan fingerprint density at radius 1 is 1.13 bits per heavy atom. The van der Waals surface area contributed by atoms with Crippen molar-refractivity contribution in [2.24, 2.45) is 0 Å². The van der Waals surface area contributed by atoms with Gasteiger partial charge in [-0.25, -0.2) is 4.98 Å². The van der Waals surface area contributed by atoms with Gasteiger partial charge in [-0.2, -0.15) is 0 Å². The molecule has 1 amide bonds. The number of anilines is 1. The number of ether oxygens (including phenoxy) is 2. The van der Waals surface area contributed by atoms with E-state index in [1.807, 2.05) is 34.5 Å². The molecule has 3 aromatic rings. The average molecular weight is 444 g/mol. The second-order valence-electron chi connectivity index (χ2n) is 6.84. The summed E-state index contributed by atoms with van der Waals surface area (Å²) in [6, 6.07) is 12.8. The lowest BCUT2D eigenvalue weighted by Gasteiger charge is -2.34. The van der Waals surface area contributed by atoms with Gasteiger partial charge in [0.05, 0.1) is 7.11 Å². The second-order valence-corrected chi connectivity index (χ2v) is 8.12. The number of carbonyl (C=O) groups is 1. The largest absolute Gasteiger partial charge is 0.493 e. The van der Waals surface area contributed by atoms with Crippen molar-refractivity contribution in [3.63, 3.8) is 0 Å². The number of nitrogens with zero attached hydrogens (tertiary/aromatic N) is 3. The molecule has 0 saturated carbocycles. The van der Waals surface area contributed by atoms with Gasteiger partial charge in [-0.3, -0.25) is 4.79 Å². The molecule has 1 aliphatic rings. The van der Waals surface area contributed by atoms with E-state index in [1.54, 1.807) is 42.8 Å². The molecule has 2 aromatic carbocycles. The van der Waals surface area contributed by atoms with Crippen LogP contribution in [0.4, 0.5) is 5.13 Å². The van der Waals surface area contributed by atoms with Crippen molar-refractivity contribution in [3.05, 3.63) is 70.2 Å². The van der Waals surface area contributed by atoms with Crippen molar-refractivity contribution >= 4 is 34.0 Å². The molecule has 0 unspecified atom stereocenters. The number of rotatable bonds is 6. The fourth-order valence-corrected chi connectivity index (χ4v) is 4.23. The second kappa shape index (κ2) is 9.36. The first kappa shape index (κ1) is 20.5. The third kappa shape index (κ3) is 4.52. The maximum atomic E-state index is 13.0. The maximum absolute atomic E-state index is 13.0. The minimum absolute atomic E-state index is 0.00950. The molecule has 8 heteroatoms. The number of amides is 1. The maximum Gasteiger partial charge on any atom is 0.254 e. The van der Waals surface area contributed by atoms with Gasteiger partial charge in [0, 0.05) is 53.9 Å². The Kier molecular flexibility index (Phi) is 6.40. The first-order chi connectivity index (χ1) is 14.7. The topological polar surface area (TPSA) is 54.9 Å². The number of hydrogen-bond acceptors (Lipinski definition) is 6. The fraction of sp³-hybridized carbons (Fsp3) is 0.273. The van der Waals surface area contributed by atoms with E-state index in [-0.39, 0.29) is 5.91 Å². The quantitative estimate of drug-likeness (QED) is 0.567. The zero-order chi connectivity index (χ0) is 20.9. The fourth-order valence-electron chi connectivity index (χ4n) is 3.35. The molecule has 1 fully saturated rings. The monoisotopic (exact) mass is 443 g/mol. The van der Waals surface area contributed by atoms with Crippen LogP contribution in [0.2, 0.25) is 5.02 Å². The van der Waals surface area contributed by atoms with Gasteiger partial charge in [0.1, 0.15) is 6.61 Å². The van der Waals surface area contributed by atoms with Crippen LogP contribution in [0.1, 0.15) is 15.9 Å². The average Bonchev–Trinajstić information content (AvgIpc) is 3.33. The molecule has 0 N–H and O–H groups in total. The van der Waals surface area contributed by atoms with E-state index in [0.717, 1.165) is 23.8 Å². The van der Waals surface area contributed by atoms with E-state index < -0.39 is 0 Å². The van der Waals surface area contributed by atoms with Crippen LogP contribution in [0.15, 0.2) is 54.0 Å². The Morgan fingerprint density at radius 2 is 1.93 bits per heavy atom. The van der Waals surface area contributed by atoms with Gasteiger partial charge >= 0.3 is 0 Å². The molecule has 1 saturated heterocycles. The van der Waals surface area contributed by atoms with E-state index in [1.165, 1.54) is 0 Å². The van der Waals surface area contributed by atoms with E-state index in [9.17, 15) is 4.79 Å². The molecule has 1 aliphatic heterocycles. The molecule has 0 spiro atoms. The molecule has 30 heavy (non-hydrogen) atoms. The van der Waals surface area contributed by atoms with Gasteiger partial charge in [-0.05, 0) is 24.3 Å². The van der Waals surface area contributed by atoms with E-state index in [2.05, 4.69) is 9.88 Å². The minimum atomic E-state index is -0.00950. The number of aromatic nitrogens is 1. The number of methoxy groups -OCH3 is 1. The molecular formula is C22H22ClN3O3S. The summed E-state index contributed by atoms with van der Waals surface area (Å²) < 4.78 is 11.3. The van der Waals surface area contributed by atoms with Crippen LogP contribution in [0.3, 0.4) is 0 Å². The summed E-state index contributed by atoms with van der Waals surface area (Å²) in [6.45, 7) is 3.18. The van der Waals surface area contributed by atoms with Gasteiger partial charge < -0.3 is 19.3 Å². The van der Waals surface area contributed by atoms with Gasteiger partial charge in [0.25, 0.3) is 5.91 Å². The lowest BCUT2D eigenvalue weighted by atomic mass is 10.1. The van der Waals surface area contributed by atoms with Crippen molar-refractivity contribution in [1.29, 1.82) is 0 Å². The molecule has 2 heterocycles. The van der Waals surface area contributed by atoms with E-state index in [0.29, 0.717) is 41.8 Å². The molecule has 0 radical (unpaired) electrons. The van der Waals surface area contributed by atoms with E-state index >= 15 is 0 Å². The first-order valence-electron chi connectivity index (χ1n) is 9.63. The van der Waals surface area contributed by atoms with Gasteiger partial charge in [-0.15, -0.1) is 11.3 Å². The minimum Gasteiger partial charge on any atom is -0.493 e. The zero-order valence-electron chi connectivity index (χ0n) is 16.6. The number of hydrogen-bond donors (Lipinski definition) is 0. The molecule has 4 rings (SSSR count).